The molecular weight excluding hydrogens is 522 g/mol. The summed E-state index contributed by atoms with van der Waals surface area (Å²) in [6, 6.07) is 10.4. The fourth-order valence-corrected chi connectivity index (χ4v) is 4.63. The molecule has 0 bridgehead atoms. The van der Waals surface area contributed by atoms with Gasteiger partial charge in [-0.2, -0.15) is 0 Å². The van der Waals surface area contributed by atoms with Gasteiger partial charge < -0.3 is 30.2 Å². The van der Waals surface area contributed by atoms with E-state index in [-0.39, 0.29) is 18.6 Å². The maximum atomic E-state index is 12.4. The molecule has 1 aromatic heterocycles. The predicted octanol–water partition coefficient (Wildman–Crippen LogP) is 5.10. The lowest BCUT2D eigenvalue weighted by atomic mass is 10.0. The normalized spacial score (nSPS) is 15.1. The van der Waals surface area contributed by atoms with Crippen LogP contribution in [0.2, 0.25) is 5.02 Å². The summed E-state index contributed by atoms with van der Waals surface area (Å²) in [6.07, 6.45) is 2.34. The largest absolute Gasteiger partial charge is 0.493 e. The third-order valence-electron chi connectivity index (χ3n) is 6.28. The van der Waals surface area contributed by atoms with Crippen LogP contribution in [0.1, 0.15) is 51.6 Å². The summed E-state index contributed by atoms with van der Waals surface area (Å²) in [5.74, 6) is 1.12. The number of rotatable bonds is 8. The highest BCUT2D eigenvalue weighted by Gasteiger charge is 2.28. The molecule has 1 unspecified atom stereocenters. The first kappa shape index (κ1) is 28.2. The minimum atomic E-state index is -0.542. The molecule has 3 aromatic rings. The standard InChI is InChI=1S/C28H34ClN5O5/c1-28(2,3)39-27(36)34-10-8-19(9-11-34)38-24-13-20-22(14-23(24)37-4)31-16-32-26(20)33-21(15-25(30)35)17-6-5-7-18(29)12-17/h5-7,12-14,16,19,21H,8-11,15H2,1-4H3,(H2,30,35)(H,31,32,33). The molecule has 1 saturated heterocycles. The lowest BCUT2D eigenvalue weighted by Gasteiger charge is -2.33. The van der Waals surface area contributed by atoms with Crippen molar-refractivity contribution in [3.8, 4) is 11.5 Å². The highest BCUT2D eigenvalue weighted by atomic mass is 35.5. The SMILES string of the molecule is COc1cc2ncnc(NC(CC(N)=O)c3cccc(Cl)c3)c2cc1OC1CCN(C(=O)OC(C)(C)C)CC1. The summed E-state index contributed by atoms with van der Waals surface area (Å²) >= 11 is 6.20. The second-order valence-electron chi connectivity index (χ2n) is 10.4. The maximum Gasteiger partial charge on any atom is 0.410 e. The number of ether oxygens (including phenoxy) is 3. The maximum absolute atomic E-state index is 12.4. The number of amides is 2. The van der Waals surface area contributed by atoms with Crippen LogP contribution in [0.4, 0.5) is 10.6 Å². The summed E-state index contributed by atoms with van der Waals surface area (Å²) in [4.78, 5) is 34.8. The Kier molecular flexibility index (Phi) is 8.64. The van der Waals surface area contributed by atoms with Gasteiger partial charge in [0.2, 0.25) is 5.91 Å². The van der Waals surface area contributed by atoms with Crippen molar-refractivity contribution in [1.29, 1.82) is 0 Å². The zero-order chi connectivity index (χ0) is 28.2. The number of hydrogen-bond donors (Lipinski definition) is 2. The quantitative estimate of drug-likeness (QED) is 0.393. The molecule has 2 amide bonds. The minimum Gasteiger partial charge on any atom is -0.493 e. The Labute approximate surface area is 232 Å². The number of hydrogen-bond acceptors (Lipinski definition) is 8. The number of nitrogens with zero attached hydrogens (tertiary/aromatic N) is 3. The molecular formula is C28H34ClN5O5. The zero-order valence-electron chi connectivity index (χ0n) is 22.6. The van der Waals surface area contributed by atoms with Crippen molar-refractivity contribution in [2.75, 3.05) is 25.5 Å². The van der Waals surface area contributed by atoms with E-state index in [0.29, 0.717) is 59.2 Å². The van der Waals surface area contributed by atoms with Gasteiger partial charge in [0.05, 0.1) is 25.1 Å². The monoisotopic (exact) mass is 555 g/mol. The molecule has 3 N–H and O–H groups in total. The number of nitrogens with two attached hydrogens (primary N) is 1. The van der Waals surface area contributed by atoms with E-state index < -0.39 is 17.6 Å². The molecule has 0 saturated carbocycles. The number of aromatic nitrogens is 2. The predicted molar refractivity (Wildman–Crippen MR) is 149 cm³/mol. The number of anilines is 1. The van der Waals surface area contributed by atoms with Crippen LogP contribution in [0.5, 0.6) is 11.5 Å². The van der Waals surface area contributed by atoms with E-state index in [2.05, 4.69) is 15.3 Å². The van der Waals surface area contributed by atoms with Gasteiger partial charge in [0.1, 0.15) is 23.9 Å². The van der Waals surface area contributed by atoms with E-state index in [4.69, 9.17) is 31.5 Å². The Hall–Kier alpha value is -3.79. The molecule has 1 atom stereocenters. The van der Waals surface area contributed by atoms with E-state index in [0.717, 1.165) is 5.56 Å². The second kappa shape index (κ2) is 11.9. The average Bonchev–Trinajstić information content (AvgIpc) is 2.87. The van der Waals surface area contributed by atoms with Crippen LogP contribution in [0.15, 0.2) is 42.7 Å². The number of halogens is 1. The Morgan fingerprint density at radius 2 is 1.90 bits per heavy atom. The number of carbonyl (C=O) groups excluding carboxylic acids is 2. The van der Waals surface area contributed by atoms with E-state index >= 15 is 0 Å². The van der Waals surface area contributed by atoms with Gasteiger partial charge in [-0.05, 0) is 44.5 Å². The van der Waals surface area contributed by atoms with Gasteiger partial charge in [0.25, 0.3) is 0 Å². The van der Waals surface area contributed by atoms with Gasteiger partial charge in [-0.15, -0.1) is 0 Å². The van der Waals surface area contributed by atoms with Gasteiger partial charge in [-0.1, -0.05) is 23.7 Å². The summed E-state index contributed by atoms with van der Waals surface area (Å²) in [6.45, 7) is 6.61. The number of piperidine rings is 1. The first-order valence-corrected chi connectivity index (χ1v) is 13.2. The molecule has 0 radical (unpaired) electrons. The lowest BCUT2D eigenvalue weighted by molar-refractivity contribution is -0.118. The van der Waals surface area contributed by atoms with Crippen molar-refractivity contribution in [3.63, 3.8) is 0 Å². The topological polar surface area (TPSA) is 129 Å². The lowest BCUT2D eigenvalue weighted by Crippen LogP contribution is -2.44. The van der Waals surface area contributed by atoms with Gasteiger partial charge in [-0.25, -0.2) is 14.8 Å². The van der Waals surface area contributed by atoms with Crippen LogP contribution >= 0.6 is 11.6 Å². The van der Waals surface area contributed by atoms with Crippen molar-refractivity contribution in [1.82, 2.24) is 14.9 Å². The van der Waals surface area contributed by atoms with Crippen molar-refractivity contribution < 1.29 is 23.8 Å². The smallest absolute Gasteiger partial charge is 0.410 e. The van der Waals surface area contributed by atoms with Gasteiger partial charge in [-0.3, -0.25) is 4.79 Å². The second-order valence-corrected chi connectivity index (χ2v) is 10.9. The van der Waals surface area contributed by atoms with Crippen LogP contribution in [0.3, 0.4) is 0 Å². The van der Waals surface area contributed by atoms with E-state index in [9.17, 15) is 9.59 Å². The number of methoxy groups -OCH3 is 1. The molecule has 39 heavy (non-hydrogen) atoms. The minimum absolute atomic E-state index is 0.0432. The zero-order valence-corrected chi connectivity index (χ0v) is 23.3. The Morgan fingerprint density at radius 3 is 2.54 bits per heavy atom. The molecule has 1 aliphatic heterocycles. The molecule has 208 valence electrons. The molecule has 0 spiro atoms. The molecule has 10 nitrogen and oxygen atoms in total. The molecule has 11 heteroatoms. The van der Waals surface area contributed by atoms with Crippen LogP contribution in [0.25, 0.3) is 10.9 Å². The molecule has 1 fully saturated rings. The van der Waals surface area contributed by atoms with Crippen LogP contribution < -0.4 is 20.5 Å². The van der Waals surface area contributed by atoms with Crippen molar-refractivity contribution in [3.05, 3.63) is 53.3 Å². The van der Waals surface area contributed by atoms with E-state index in [1.54, 1.807) is 30.2 Å². The van der Waals surface area contributed by atoms with Crippen LogP contribution in [-0.4, -0.2) is 58.8 Å². The molecule has 2 aromatic carbocycles. The van der Waals surface area contributed by atoms with Gasteiger partial charge >= 0.3 is 6.09 Å². The van der Waals surface area contributed by atoms with Crippen molar-refractivity contribution >= 4 is 40.3 Å². The Bertz CT molecular complexity index is 1340. The van der Waals surface area contributed by atoms with E-state index in [1.165, 1.54) is 6.33 Å². The molecule has 2 heterocycles. The third kappa shape index (κ3) is 7.41. The molecule has 4 rings (SSSR count). The molecule has 0 aliphatic carbocycles. The number of likely N-dealkylation sites (tertiary alicyclic amines) is 1. The number of fused-ring (bicyclic) bond motifs is 1. The first-order valence-electron chi connectivity index (χ1n) is 12.8. The van der Waals surface area contributed by atoms with Crippen molar-refractivity contribution in [2.24, 2.45) is 5.73 Å². The fourth-order valence-electron chi connectivity index (χ4n) is 4.43. The van der Waals surface area contributed by atoms with Crippen LogP contribution in [-0.2, 0) is 9.53 Å². The van der Waals surface area contributed by atoms with Gasteiger partial charge in [0, 0.05) is 42.4 Å². The number of primary amides is 1. The van der Waals surface area contributed by atoms with Gasteiger partial charge in [0.15, 0.2) is 11.5 Å². The van der Waals surface area contributed by atoms with E-state index in [1.807, 2.05) is 39.0 Å². The summed E-state index contributed by atoms with van der Waals surface area (Å²) in [5.41, 5.74) is 6.44. The summed E-state index contributed by atoms with van der Waals surface area (Å²) in [7, 11) is 1.57. The number of benzene rings is 2. The highest BCUT2D eigenvalue weighted by molar-refractivity contribution is 6.30. The first-order chi connectivity index (χ1) is 18.5. The highest BCUT2D eigenvalue weighted by Crippen LogP contribution is 2.37. The Balaban J connectivity index is 1.56. The average molecular weight is 556 g/mol. The third-order valence-corrected chi connectivity index (χ3v) is 6.51. The fraction of sp³-hybridized carbons (Fsp3) is 0.429. The number of carbonyl (C=O) groups is 2. The Morgan fingerprint density at radius 1 is 1.15 bits per heavy atom. The van der Waals surface area contributed by atoms with Crippen LogP contribution in [0, 0.1) is 0 Å². The summed E-state index contributed by atoms with van der Waals surface area (Å²) < 4.78 is 17.5. The number of nitrogens with one attached hydrogen (secondary N) is 1. The molecule has 1 aliphatic rings. The summed E-state index contributed by atoms with van der Waals surface area (Å²) in [5, 5.41) is 4.58. The van der Waals surface area contributed by atoms with Crippen molar-refractivity contribution in [2.45, 2.75) is 57.8 Å².